The number of nitrogens with zero attached hydrogens (tertiary/aromatic N) is 5. The van der Waals surface area contributed by atoms with Crippen molar-refractivity contribution in [2.75, 3.05) is 11.4 Å². The summed E-state index contributed by atoms with van der Waals surface area (Å²) >= 11 is 0. The normalized spacial score (nSPS) is 16.1. The minimum absolute atomic E-state index is 0.0216. The molecular formula is C23H17F4N5O2. The third-order valence-corrected chi connectivity index (χ3v) is 5.71. The molecule has 1 atom stereocenters. The molecule has 1 aliphatic rings. The van der Waals surface area contributed by atoms with Gasteiger partial charge in [0.2, 0.25) is 0 Å². The van der Waals surface area contributed by atoms with Crippen LogP contribution in [0.3, 0.4) is 0 Å². The lowest BCUT2D eigenvalue weighted by molar-refractivity contribution is -0.138. The molecule has 11 heteroatoms. The minimum atomic E-state index is -4.48. The predicted molar refractivity (Wildman–Crippen MR) is 113 cm³/mol. The average molecular weight is 471 g/mol. The number of carbonyl (C=O) groups is 1. The Morgan fingerprint density at radius 3 is 2.62 bits per heavy atom. The Bertz CT molecular complexity index is 1410. The number of pyridine rings is 1. The van der Waals surface area contributed by atoms with E-state index in [0.717, 1.165) is 12.3 Å². The van der Waals surface area contributed by atoms with Gasteiger partial charge in [-0.25, -0.2) is 4.39 Å². The number of carbonyl (C=O) groups excluding carboxylic acids is 1. The van der Waals surface area contributed by atoms with Crippen molar-refractivity contribution in [3.05, 3.63) is 71.6 Å². The summed E-state index contributed by atoms with van der Waals surface area (Å²) in [5, 5.41) is 8.26. The first-order valence-electron chi connectivity index (χ1n) is 10.3. The van der Waals surface area contributed by atoms with Crippen LogP contribution in [-0.2, 0) is 6.18 Å². The molecule has 5 rings (SSSR count). The van der Waals surface area contributed by atoms with E-state index in [1.165, 1.54) is 42.4 Å². The molecule has 1 aromatic carbocycles. The van der Waals surface area contributed by atoms with Crippen LogP contribution in [0.15, 0.2) is 53.4 Å². The number of rotatable bonds is 3. The fourth-order valence-corrected chi connectivity index (χ4v) is 4.09. The molecule has 34 heavy (non-hydrogen) atoms. The number of hydrogen-bond acceptors (Lipinski definition) is 5. The number of aryl methyl sites for hydroxylation is 1. The van der Waals surface area contributed by atoms with E-state index in [2.05, 4.69) is 15.2 Å². The van der Waals surface area contributed by atoms with Gasteiger partial charge in [0.05, 0.1) is 29.6 Å². The molecule has 0 saturated heterocycles. The van der Waals surface area contributed by atoms with Crippen molar-refractivity contribution in [2.24, 2.45) is 0 Å². The molecule has 1 aliphatic heterocycles. The second kappa shape index (κ2) is 7.79. The van der Waals surface area contributed by atoms with Gasteiger partial charge >= 0.3 is 6.18 Å². The van der Waals surface area contributed by atoms with Crippen LogP contribution in [0, 0.1) is 12.7 Å². The molecule has 3 aromatic heterocycles. The summed E-state index contributed by atoms with van der Waals surface area (Å²) in [7, 11) is 0. The van der Waals surface area contributed by atoms with Crippen LogP contribution in [0.1, 0.15) is 34.6 Å². The monoisotopic (exact) mass is 471 g/mol. The Kier molecular flexibility index (Phi) is 4.99. The number of anilines is 1. The highest BCUT2D eigenvalue weighted by molar-refractivity contribution is 6.09. The van der Waals surface area contributed by atoms with Crippen molar-refractivity contribution in [3.63, 3.8) is 0 Å². The van der Waals surface area contributed by atoms with Gasteiger partial charge in [0.15, 0.2) is 5.76 Å². The molecule has 7 nitrogen and oxygen atoms in total. The van der Waals surface area contributed by atoms with Gasteiger partial charge in [0.25, 0.3) is 5.91 Å². The molecule has 0 saturated carbocycles. The first-order chi connectivity index (χ1) is 16.1. The summed E-state index contributed by atoms with van der Waals surface area (Å²) < 4.78 is 60.0. The molecule has 0 fully saturated rings. The second-order valence-electron chi connectivity index (χ2n) is 8.08. The lowest BCUT2D eigenvalue weighted by Gasteiger charge is -2.32. The number of hydrogen-bond donors (Lipinski definition) is 0. The molecule has 0 aliphatic carbocycles. The fourth-order valence-electron chi connectivity index (χ4n) is 4.09. The number of amides is 1. The van der Waals surface area contributed by atoms with Gasteiger partial charge in [0, 0.05) is 30.1 Å². The molecule has 4 aromatic rings. The summed E-state index contributed by atoms with van der Waals surface area (Å²) in [5.74, 6) is -0.724. The van der Waals surface area contributed by atoms with E-state index in [1.54, 1.807) is 10.7 Å². The quantitative estimate of drug-likeness (QED) is 0.380. The third-order valence-electron chi connectivity index (χ3n) is 5.71. The Morgan fingerprint density at radius 1 is 1.12 bits per heavy atom. The van der Waals surface area contributed by atoms with Crippen molar-refractivity contribution in [3.8, 4) is 22.6 Å². The maximum Gasteiger partial charge on any atom is 0.416 e. The highest BCUT2D eigenvalue weighted by atomic mass is 19.4. The van der Waals surface area contributed by atoms with Crippen LogP contribution in [-0.4, -0.2) is 32.4 Å². The summed E-state index contributed by atoms with van der Waals surface area (Å²) in [5.41, 5.74) is 0.939. The fraction of sp³-hybridized carbons (Fsp3) is 0.217. The van der Waals surface area contributed by atoms with Crippen LogP contribution in [0.4, 0.5) is 23.2 Å². The van der Waals surface area contributed by atoms with E-state index in [0.29, 0.717) is 22.5 Å². The van der Waals surface area contributed by atoms with Crippen molar-refractivity contribution in [1.82, 2.24) is 19.9 Å². The first-order valence-corrected chi connectivity index (χ1v) is 10.3. The highest BCUT2D eigenvalue weighted by Crippen LogP contribution is 2.37. The molecule has 1 unspecified atom stereocenters. The van der Waals surface area contributed by atoms with Gasteiger partial charge in [-0.1, -0.05) is 5.16 Å². The Balaban J connectivity index is 1.52. The number of aromatic nitrogens is 4. The molecular weight excluding hydrogens is 454 g/mol. The molecule has 0 bridgehead atoms. The lowest BCUT2D eigenvalue weighted by atomic mass is 10.0. The van der Waals surface area contributed by atoms with Crippen molar-refractivity contribution >= 4 is 11.6 Å². The molecule has 0 N–H and O–H groups in total. The van der Waals surface area contributed by atoms with E-state index in [9.17, 15) is 22.4 Å². The Morgan fingerprint density at radius 2 is 1.91 bits per heavy atom. The van der Waals surface area contributed by atoms with Crippen molar-refractivity contribution in [1.29, 1.82) is 0 Å². The minimum Gasteiger partial charge on any atom is -0.356 e. The van der Waals surface area contributed by atoms with E-state index in [1.807, 2.05) is 6.92 Å². The molecule has 174 valence electrons. The van der Waals surface area contributed by atoms with Gasteiger partial charge in [-0.15, -0.1) is 0 Å². The zero-order valence-corrected chi connectivity index (χ0v) is 18.0. The van der Waals surface area contributed by atoms with Gasteiger partial charge in [-0.2, -0.15) is 18.3 Å². The first kappa shape index (κ1) is 21.8. The van der Waals surface area contributed by atoms with Gasteiger partial charge < -0.3 is 9.42 Å². The second-order valence-corrected chi connectivity index (χ2v) is 8.08. The summed E-state index contributed by atoms with van der Waals surface area (Å²) in [6, 6.07) is 6.17. The number of alkyl halides is 3. The topological polar surface area (TPSA) is 77.1 Å². The standard InChI is InChI=1S/C23H17F4N5O2/c1-12-5-16(3-4-18(12)23(25,26)27)31-11-13(2)32-21(22(31)33)17(10-29-32)20-7-19(30-34-20)14-6-15(24)9-28-8-14/h3-10,13H,11H2,1-2H3. The summed E-state index contributed by atoms with van der Waals surface area (Å²) in [6.45, 7) is 3.44. The molecule has 0 spiro atoms. The van der Waals surface area contributed by atoms with E-state index < -0.39 is 23.5 Å². The molecule has 1 amide bonds. The smallest absolute Gasteiger partial charge is 0.356 e. The number of halogens is 4. The molecule has 4 heterocycles. The molecule has 0 radical (unpaired) electrons. The maximum absolute atomic E-state index is 13.5. The Labute approximate surface area is 190 Å². The highest BCUT2D eigenvalue weighted by Gasteiger charge is 2.36. The van der Waals surface area contributed by atoms with E-state index in [4.69, 9.17) is 4.52 Å². The lowest BCUT2D eigenvalue weighted by Crippen LogP contribution is -2.42. The summed E-state index contributed by atoms with van der Waals surface area (Å²) in [4.78, 5) is 18.7. The van der Waals surface area contributed by atoms with Crippen molar-refractivity contribution in [2.45, 2.75) is 26.1 Å². The van der Waals surface area contributed by atoms with Crippen LogP contribution in [0.2, 0.25) is 0 Å². The number of benzene rings is 1. The van der Waals surface area contributed by atoms with Crippen LogP contribution in [0.5, 0.6) is 0 Å². The van der Waals surface area contributed by atoms with Gasteiger partial charge in [-0.05, 0) is 43.7 Å². The van der Waals surface area contributed by atoms with Crippen LogP contribution in [0.25, 0.3) is 22.6 Å². The average Bonchev–Trinajstić information content (AvgIpc) is 3.43. The maximum atomic E-state index is 13.5. The Hall–Kier alpha value is -4.02. The van der Waals surface area contributed by atoms with Crippen LogP contribution >= 0.6 is 0 Å². The van der Waals surface area contributed by atoms with Gasteiger partial charge in [-0.3, -0.25) is 14.5 Å². The zero-order valence-electron chi connectivity index (χ0n) is 18.0. The predicted octanol–water partition coefficient (Wildman–Crippen LogP) is 5.29. The zero-order chi connectivity index (χ0) is 24.2. The number of fused-ring (bicyclic) bond motifs is 1. The van der Waals surface area contributed by atoms with Crippen LogP contribution < -0.4 is 4.90 Å². The third kappa shape index (κ3) is 3.62. The van der Waals surface area contributed by atoms with E-state index in [-0.39, 0.29) is 29.6 Å². The SMILES string of the molecule is Cc1cc(N2CC(C)n3ncc(-c4cc(-c5cncc(F)c5)no4)c3C2=O)ccc1C(F)(F)F. The van der Waals surface area contributed by atoms with E-state index >= 15 is 0 Å². The van der Waals surface area contributed by atoms with Crippen molar-refractivity contribution < 1.29 is 26.9 Å². The summed E-state index contributed by atoms with van der Waals surface area (Å²) in [6.07, 6.45) is -0.509. The largest absolute Gasteiger partial charge is 0.416 e. The van der Waals surface area contributed by atoms with Gasteiger partial charge in [0.1, 0.15) is 17.2 Å².